The van der Waals surface area contributed by atoms with Crippen molar-refractivity contribution in [3.63, 3.8) is 0 Å². The molecule has 4 N–H and O–H groups in total. The highest BCUT2D eigenvalue weighted by molar-refractivity contribution is 6.06. The predicted octanol–water partition coefficient (Wildman–Crippen LogP) is 4.07. The Kier molecular flexibility index (Phi) is 8.25. The molecule has 1 amide bonds. The van der Waals surface area contributed by atoms with Crippen LogP contribution >= 0.6 is 0 Å². The third kappa shape index (κ3) is 5.87. The maximum atomic E-state index is 13.2. The zero-order chi connectivity index (χ0) is 25.7. The number of nitrogens with one attached hydrogen (secondary N) is 2. The minimum absolute atomic E-state index is 0.00129. The molecule has 2 aromatic carbocycles. The first kappa shape index (κ1) is 25.7. The van der Waals surface area contributed by atoms with Crippen molar-refractivity contribution in [2.45, 2.75) is 39.8 Å². The second kappa shape index (κ2) is 11.6. The van der Waals surface area contributed by atoms with Crippen molar-refractivity contribution in [1.29, 1.82) is 0 Å². The average Bonchev–Trinajstić information content (AvgIpc) is 3.25. The quantitative estimate of drug-likeness (QED) is 0.351. The van der Waals surface area contributed by atoms with Crippen LogP contribution in [0, 0.1) is 0 Å². The fourth-order valence-corrected chi connectivity index (χ4v) is 4.20. The highest BCUT2D eigenvalue weighted by Gasteiger charge is 2.24. The van der Waals surface area contributed by atoms with Gasteiger partial charge in [-0.2, -0.15) is 0 Å². The summed E-state index contributed by atoms with van der Waals surface area (Å²) in [6, 6.07) is 10.5. The summed E-state index contributed by atoms with van der Waals surface area (Å²) in [7, 11) is 0. The Morgan fingerprint density at radius 3 is 2.50 bits per heavy atom. The highest BCUT2D eigenvalue weighted by Crippen LogP contribution is 2.41. The van der Waals surface area contributed by atoms with Gasteiger partial charge in [0, 0.05) is 37.8 Å². The molecule has 1 aromatic heterocycles. The molecule has 36 heavy (non-hydrogen) atoms. The molecule has 9 heteroatoms. The van der Waals surface area contributed by atoms with Crippen molar-refractivity contribution in [3.8, 4) is 22.8 Å². The van der Waals surface area contributed by atoms with Gasteiger partial charge in [0.25, 0.3) is 5.91 Å². The van der Waals surface area contributed by atoms with Crippen molar-refractivity contribution >= 4 is 11.6 Å². The van der Waals surface area contributed by atoms with Gasteiger partial charge in [0.1, 0.15) is 22.9 Å². The molecule has 3 aromatic rings. The highest BCUT2D eigenvalue weighted by atomic mass is 16.5. The van der Waals surface area contributed by atoms with Crippen molar-refractivity contribution < 1.29 is 24.3 Å². The molecule has 0 atom stereocenters. The van der Waals surface area contributed by atoms with E-state index in [1.165, 1.54) is 6.07 Å². The molecular formula is C27H34N4O5. The lowest BCUT2D eigenvalue weighted by Crippen LogP contribution is -2.35. The summed E-state index contributed by atoms with van der Waals surface area (Å²) in [5.41, 5.74) is 3.53. The molecule has 0 radical (unpaired) electrons. The number of nitrogens with zero attached hydrogens (tertiary/aromatic N) is 2. The number of anilines is 1. The molecule has 0 aliphatic carbocycles. The first-order valence-electron chi connectivity index (χ1n) is 12.3. The molecular weight excluding hydrogens is 460 g/mol. The number of aromatic hydroxyl groups is 2. The topological polar surface area (TPSA) is 120 Å². The normalized spacial score (nSPS) is 14.3. The Labute approximate surface area is 211 Å². The van der Waals surface area contributed by atoms with Crippen LogP contribution in [0.25, 0.3) is 11.3 Å². The summed E-state index contributed by atoms with van der Waals surface area (Å²) in [5.74, 6) is -0.216. The second-order valence-electron chi connectivity index (χ2n) is 9.24. The van der Waals surface area contributed by atoms with Crippen LogP contribution in [0.3, 0.4) is 0 Å². The van der Waals surface area contributed by atoms with E-state index in [1.807, 2.05) is 32.9 Å². The van der Waals surface area contributed by atoms with Crippen LogP contribution < -0.4 is 10.6 Å². The van der Waals surface area contributed by atoms with Crippen molar-refractivity contribution in [2.24, 2.45) is 0 Å². The van der Waals surface area contributed by atoms with E-state index < -0.39 is 0 Å². The van der Waals surface area contributed by atoms with Crippen molar-refractivity contribution in [2.75, 3.05) is 38.2 Å². The third-order valence-corrected chi connectivity index (χ3v) is 6.28. The molecule has 2 heterocycles. The standard InChI is InChI=1S/C27H34N4O5/c1-4-28-15-22-25(26(36-30-22)21-13-20(17(2)3)23(32)14-24(21)33)29-27(34)19-7-5-18(6-8-19)16-31-9-11-35-12-10-31/h5-8,13-14,17,28,32-33H,4,9-12,15-16H2,1-3H3,(H,29,34). The summed E-state index contributed by atoms with van der Waals surface area (Å²) in [6.07, 6.45) is 0. The van der Waals surface area contributed by atoms with Crippen LogP contribution in [0.1, 0.15) is 53.9 Å². The number of hydrogen-bond donors (Lipinski definition) is 4. The first-order chi connectivity index (χ1) is 17.4. The molecule has 0 bridgehead atoms. The fraction of sp³-hybridized carbons (Fsp3) is 0.407. The Morgan fingerprint density at radius 1 is 1.11 bits per heavy atom. The summed E-state index contributed by atoms with van der Waals surface area (Å²) in [5, 5.41) is 31.1. The predicted molar refractivity (Wildman–Crippen MR) is 137 cm³/mol. The molecule has 0 spiro atoms. The number of benzene rings is 2. The molecule has 192 valence electrons. The molecule has 4 rings (SSSR count). The number of carbonyl (C=O) groups is 1. The Hall–Kier alpha value is -3.40. The van der Waals surface area contributed by atoms with Gasteiger partial charge in [0.2, 0.25) is 0 Å². The van der Waals surface area contributed by atoms with Gasteiger partial charge < -0.3 is 30.1 Å². The summed E-state index contributed by atoms with van der Waals surface area (Å²) in [4.78, 5) is 15.5. The van der Waals surface area contributed by atoms with E-state index in [-0.39, 0.29) is 29.1 Å². The van der Waals surface area contributed by atoms with Gasteiger partial charge in [-0.25, -0.2) is 0 Å². The lowest BCUT2D eigenvalue weighted by molar-refractivity contribution is 0.0342. The molecule has 1 fully saturated rings. The molecule has 0 unspecified atom stereocenters. The van der Waals surface area contributed by atoms with Crippen LogP contribution in [-0.2, 0) is 17.8 Å². The van der Waals surface area contributed by atoms with Crippen LogP contribution in [0.2, 0.25) is 0 Å². The number of ether oxygens (including phenoxy) is 1. The smallest absolute Gasteiger partial charge is 0.255 e. The SMILES string of the molecule is CCNCc1noc(-c2cc(C(C)C)c(O)cc2O)c1NC(=O)c1ccc(CN2CCOCC2)cc1. The van der Waals surface area contributed by atoms with Crippen LogP contribution in [0.5, 0.6) is 11.5 Å². The molecule has 1 aliphatic rings. The van der Waals surface area contributed by atoms with Crippen molar-refractivity contribution in [1.82, 2.24) is 15.4 Å². The van der Waals surface area contributed by atoms with Crippen LogP contribution in [0.15, 0.2) is 40.9 Å². The third-order valence-electron chi connectivity index (χ3n) is 6.28. The monoisotopic (exact) mass is 494 g/mol. The average molecular weight is 495 g/mol. The summed E-state index contributed by atoms with van der Waals surface area (Å²) < 4.78 is 11.0. The fourth-order valence-electron chi connectivity index (χ4n) is 4.20. The second-order valence-corrected chi connectivity index (χ2v) is 9.24. The zero-order valence-corrected chi connectivity index (χ0v) is 21.0. The van der Waals surface area contributed by atoms with Gasteiger partial charge in [0.05, 0.1) is 18.8 Å². The summed E-state index contributed by atoms with van der Waals surface area (Å²) >= 11 is 0. The van der Waals surface area contributed by atoms with E-state index in [0.29, 0.717) is 41.2 Å². The van der Waals surface area contributed by atoms with Crippen LogP contribution in [-0.4, -0.2) is 59.0 Å². The van der Waals surface area contributed by atoms with E-state index in [2.05, 4.69) is 20.7 Å². The molecule has 9 nitrogen and oxygen atoms in total. The largest absolute Gasteiger partial charge is 0.508 e. The number of amides is 1. The molecule has 0 saturated carbocycles. The first-order valence-corrected chi connectivity index (χ1v) is 12.3. The van der Waals surface area contributed by atoms with Gasteiger partial charge in [-0.15, -0.1) is 0 Å². The van der Waals surface area contributed by atoms with Gasteiger partial charge in [-0.05, 0) is 41.8 Å². The lowest BCUT2D eigenvalue weighted by atomic mass is 9.97. The molecule has 1 aliphatic heterocycles. The number of phenols is 2. The number of aromatic nitrogens is 1. The number of morpholine rings is 1. The number of rotatable bonds is 9. The van der Waals surface area contributed by atoms with E-state index in [9.17, 15) is 15.0 Å². The number of hydrogen-bond acceptors (Lipinski definition) is 8. The Bertz CT molecular complexity index is 1180. The van der Waals surface area contributed by atoms with Crippen molar-refractivity contribution in [3.05, 3.63) is 58.8 Å². The maximum absolute atomic E-state index is 13.2. The minimum atomic E-state index is -0.308. The van der Waals surface area contributed by atoms with E-state index in [1.54, 1.807) is 18.2 Å². The maximum Gasteiger partial charge on any atom is 0.255 e. The van der Waals surface area contributed by atoms with E-state index >= 15 is 0 Å². The van der Waals surface area contributed by atoms with Crippen LogP contribution in [0.4, 0.5) is 5.69 Å². The number of carbonyl (C=O) groups excluding carboxylic acids is 1. The van der Waals surface area contributed by atoms with E-state index in [4.69, 9.17) is 9.26 Å². The van der Waals surface area contributed by atoms with Gasteiger partial charge >= 0.3 is 0 Å². The van der Waals surface area contributed by atoms with Gasteiger partial charge in [0.15, 0.2) is 5.76 Å². The Morgan fingerprint density at radius 2 is 1.83 bits per heavy atom. The van der Waals surface area contributed by atoms with E-state index in [0.717, 1.165) is 38.4 Å². The minimum Gasteiger partial charge on any atom is -0.508 e. The van der Waals surface area contributed by atoms with Gasteiger partial charge in [-0.1, -0.05) is 38.1 Å². The lowest BCUT2D eigenvalue weighted by Gasteiger charge is -2.26. The zero-order valence-electron chi connectivity index (χ0n) is 21.0. The molecule has 1 saturated heterocycles. The van der Waals surface area contributed by atoms with Gasteiger partial charge in [-0.3, -0.25) is 9.69 Å². The number of phenolic OH excluding ortho intramolecular Hbond substituents is 2. The summed E-state index contributed by atoms with van der Waals surface area (Å²) in [6.45, 7) is 11.0. The Balaban J connectivity index is 1.59.